The van der Waals surface area contributed by atoms with Gasteiger partial charge < -0.3 is 4.74 Å². The van der Waals surface area contributed by atoms with Gasteiger partial charge in [0.05, 0.1) is 12.5 Å². The number of aryl methyl sites for hydroxylation is 1. The second kappa shape index (κ2) is 4.34. The van der Waals surface area contributed by atoms with E-state index in [9.17, 15) is 4.79 Å². The van der Waals surface area contributed by atoms with Gasteiger partial charge in [0.1, 0.15) is 0 Å². The molecule has 112 valence electrons. The van der Waals surface area contributed by atoms with E-state index < -0.39 is 0 Å². The van der Waals surface area contributed by atoms with Gasteiger partial charge in [-0.05, 0) is 68.3 Å². The molecule has 4 fully saturated rings. The molecule has 5 rings (SSSR count). The molecule has 0 spiro atoms. The highest BCUT2D eigenvalue weighted by molar-refractivity contribution is 5.78. The van der Waals surface area contributed by atoms with Gasteiger partial charge in [0, 0.05) is 0 Å². The lowest BCUT2D eigenvalue weighted by atomic mass is 9.43. The average Bonchev–Trinajstić information content (AvgIpc) is 2.45. The third-order valence-electron chi connectivity index (χ3n) is 6.34. The summed E-state index contributed by atoms with van der Waals surface area (Å²) >= 11 is 0. The Morgan fingerprint density at radius 3 is 2.29 bits per heavy atom. The SMILES string of the molecule is COC(=O)C12C[C@@H]3C[C@@H](C1)CC(c1ccc(C)cc1)(C3)C2. The predicted octanol–water partition coefficient (Wildman–Crippen LogP) is 4.01. The Morgan fingerprint density at radius 1 is 1.10 bits per heavy atom. The summed E-state index contributed by atoms with van der Waals surface area (Å²) in [6.45, 7) is 2.14. The van der Waals surface area contributed by atoms with Crippen molar-refractivity contribution in [1.29, 1.82) is 0 Å². The zero-order valence-electron chi connectivity index (χ0n) is 13.0. The topological polar surface area (TPSA) is 26.3 Å². The standard InChI is InChI=1S/C19H24O2/c1-13-3-5-16(6-4-13)18-8-14-7-15(9-18)11-19(10-14,12-18)17(20)21-2/h3-6,14-15H,7-12H2,1-2H3/t14-,15-,18?,19?/m1/s1. The fraction of sp³-hybridized carbons (Fsp3) is 0.632. The minimum Gasteiger partial charge on any atom is -0.469 e. The number of rotatable bonds is 2. The van der Waals surface area contributed by atoms with Crippen molar-refractivity contribution >= 4 is 5.97 Å². The minimum absolute atomic E-state index is 0.0492. The third kappa shape index (κ3) is 1.88. The molecule has 0 heterocycles. The Morgan fingerprint density at radius 2 is 1.71 bits per heavy atom. The highest BCUT2D eigenvalue weighted by Gasteiger charge is 2.61. The van der Waals surface area contributed by atoms with E-state index in [1.165, 1.54) is 30.4 Å². The van der Waals surface area contributed by atoms with Crippen molar-refractivity contribution in [1.82, 2.24) is 0 Å². The Balaban J connectivity index is 1.76. The number of hydrogen-bond donors (Lipinski definition) is 0. The van der Waals surface area contributed by atoms with Crippen LogP contribution < -0.4 is 0 Å². The molecule has 4 aliphatic rings. The molecule has 0 aromatic heterocycles. The van der Waals surface area contributed by atoms with Gasteiger partial charge in [-0.15, -0.1) is 0 Å². The summed E-state index contributed by atoms with van der Waals surface area (Å²) in [5, 5.41) is 0. The molecular weight excluding hydrogens is 260 g/mol. The summed E-state index contributed by atoms with van der Waals surface area (Å²) in [5.74, 6) is 1.48. The maximum atomic E-state index is 12.5. The van der Waals surface area contributed by atoms with Crippen LogP contribution in [0.1, 0.15) is 49.7 Å². The Labute approximate surface area is 126 Å². The molecule has 2 nitrogen and oxygen atoms in total. The van der Waals surface area contributed by atoms with E-state index in [1.807, 2.05) is 0 Å². The van der Waals surface area contributed by atoms with Crippen LogP contribution in [-0.2, 0) is 14.9 Å². The first-order valence-corrected chi connectivity index (χ1v) is 8.21. The fourth-order valence-corrected chi connectivity index (χ4v) is 5.96. The first-order valence-electron chi connectivity index (χ1n) is 8.21. The van der Waals surface area contributed by atoms with E-state index in [2.05, 4.69) is 31.2 Å². The van der Waals surface area contributed by atoms with Crippen molar-refractivity contribution < 1.29 is 9.53 Å². The lowest BCUT2D eigenvalue weighted by Crippen LogP contribution is -2.57. The summed E-state index contributed by atoms with van der Waals surface area (Å²) < 4.78 is 5.20. The van der Waals surface area contributed by atoms with E-state index in [0.717, 1.165) is 19.3 Å². The van der Waals surface area contributed by atoms with Crippen molar-refractivity contribution in [2.24, 2.45) is 17.3 Å². The number of hydrogen-bond acceptors (Lipinski definition) is 2. The quantitative estimate of drug-likeness (QED) is 0.767. The molecular formula is C19H24O2. The van der Waals surface area contributed by atoms with Crippen molar-refractivity contribution in [3.63, 3.8) is 0 Å². The van der Waals surface area contributed by atoms with Crippen LogP contribution in [0.5, 0.6) is 0 Å². The van der Waals surface area contributed by atoms with Gasteiger partial charge in [-0.25, -0.2) is 0 Å². The van der Waals surface area contributed by atoms with Crippen LogP contribution in [0.15, 0.2) is 24.3 Å². The van der Waals surface area contributed by atoms with Gasteiger partial charge in [0.2, 0.25) is 0 Å². The fourth-order valence-electron chi connectivity index (χ4n) is 5.96. The van der Waals surface area contributed by atoms with Crippen LogP contribution in [0.3, 0.4) is 0 Å². The van der Waals surface area contributed by atoms with Crippen molar-refractivity contribution in [3.05, 3.63) is 35.4 Å². The molecule has 0 saturated heterocycles. The van der Waals surface area contributed by atoms with Crippen LogP contribution in [-0.4, -0.2) is 13.1 Å². The lowest BCUT2D eigenvalue weighted by molar-refractivity contribution is -0.171. The smallest absolute Gasteiger partial charge is 0.311 e. The molecule has 0 N–H and O–H groups in total. The summed E-state index contributed by atoms with van der Waals surface area (Å²) in [7, 11) is 1.56. The summed E-state index contributed by atoms with van der Waals surface area (Å²) in [5.41, 5.74) is 2.80. The Kier molecular flexibility index (Phi) is 2.76. The van der Waals surface area contributed by atoms with Gasteiger partial charge in [-0.3, -0.25) is 4.79 Å². The summed E-state index contributed by atoms with van der Waals surface area (Å²) in [6, 6.07) is 9.04. The number of methoxy groups -OCH3 is 1. The number of esters is 1. The highest BCUT2D eigenvalue weighted by Crippen LogP contribution is 2.66. The summed E-state index contributed by atoms with van der Waals surface area (Å²) in [4.78, 5) is 12.5. The number of ether oxygens (including phenoxy) is 1. The largest absolute Gasteiger partial charge is 0.469 e. The maximum absolute atomic E-state index is 12.5. The Hall–Kier alpha value is -1.31. The normalized spacial score (nSPS) is 40.3. The van der Waals surface area contributed by atoms with Crippen LogP contribution in [0.4, 0.5) is 0 Å². The number of carbonyl (C=O) groups excluding carboxylic acids is 1. The summed E-state index contributed by atoms with van der Waals surface area (Å²) in [6.07, 6.45) is 6.99. The monoisotopic (exact) mass is 284 g/mol. The van der Waals surface area contributed by atoms with Crippen LogP contribution in [0.25, 0.3) is 0 Å². The molecule has 1 aromatic carbocycles. The molecule has 4 saturated carbocycles. The molecule has 0 aliphatic heterocycles. The molecule has 0 radical (unpaired) electrons. The second-order valence-corrected chi connectivity index (χ2v) is 7.88. The van der Waals surface area contributed by atoms with E-state index in [-0.39, 0.29) is 16.8 Å². The number of carbonyl (C=O) groups is 1. The van der Waals surface area contributed by atoms with Gasteiger partial charge in [0.25, 0.3) is 0 Å². The van der Waals surface area contributed by atoms with Gasteiger partial charge >= 0.3 is 5.97 Å². The molecule has 21 heavy (non-hydrogen) atoms. The third-order valence-corrected chi connectivity index (χ3v) is 6.34. The Bertz CT molecular complexity index is 558. The van der Waals surface area contributed by atoms with Gasteiger partial charge in [-0.1, -0.05) is 29.8 Å². The average molecular weight is 284 g/mol. The lowest BCUT2D eigenvalue weighted by Gasteiger charge is -2.61. The molecule has 2 heteroatoms. The highest BCUT2D eigenvalue weighted by atomic mass is 16.5. The van der Waals surface area contributed by atoms with E-state index >= 15 is 0 Å². The van der Waals surface area contributed by atoms with Crippen molar-refractivity contribution in [3.8, 4) is 0 Å². The molecule has 1 aromatic rings. The first kappa shape index (κ1) is 13.4. The maximum Gasteiger partial charge on any atom is 0.311 e. The van der Waals surface area contributed by atoms with Crippen LogP contribution in [0, 0.1) is 24.2 Å². The molecule has 2 atom stereocenters. The van der Waals surface area contributed by atoms with Crippen LogP contribution in [0.2, 0.25) is 0 Å². The van der Waals surface area contributed by atoms with E-state index in [1.54, 1.807) is 7.11 Å². The molecule has 4 bridgehead atoms. The minimum atomic E-state index is -0.191. The second-order valence-electron chi connectivity index (χ2n) is 7.88. The number of benzene rings is 1. The zero-order valence-corrected chi connectivity index (χ0v) is 13.0. The van der Waals surface area contributed by atoms with Gasteiger partial charge in [-0.2, -0.15) is 0 Å². The van der Waals surface area contributed by atoms with E-state index in [0.29, 0.717) is 11.8 Å². The van der Waals surface area contributed by atoms with Crippen molar-refractivity contribution in [2.45, 2.75) is 50.9 Å². The first-order chi connectivity index (χ1) is 10.1. The molecule has 0 unspecified atom stereocenters. The van der Waals surface area contributed by atoms with Crippen molar-refractivity contribution in [2.75, 3.05) is 7.11 Å². The van der Waals surface area contributed by atoms with E-state index in [4.69, 9.17) is 4.74 Å². The zero-order chi connectivity index (χ0) is 14.7. The van der Waals surface area contributed by atoms with Crippen LogP contribution >= 0.6 is 0 Å². The predicted molar refractivity (Wildman–Crippen MR) is 82.0 cm³/mol. The van der Waals surface area contributed by atoms with Gasteiger partial charge in [0.15, 0.2) is 0 Å². The molecule has 4 aliphatic carbocycles. The molecule has 0 amide bonds.